The minimum absolute atomic E-state index is 0.0256. The normalized spacial score (nSPS) is 11.3. The highest BCUT2D eigenvalue weighted by Crippen LogP contribution is 2.25. The molecule has 14 heteroatoms. The van der Waals surface area contributed by atoms with E-state index in [1.54, 1.807) is 52.4 Å². The standard InChI is InChI=1S/C25H22ClN7O5S/c1-30-20-19(21(35)31(2)25(30)37)32(12-14-4-8-16(26)9-5-14)23-28-29-24(33(20)23)39-13-18(34)27-17-10-6-15(7-11-17)22(36)38-3/h4-11H,12-13H2,1-3H3,(H,27,34). The van der Waals surface area contributed by atoms with E-state index in [2.05, 4.69) is 20.3 Å². The largest absolute Gasteiger partial charge is 0.465 e. The van der Waals surface area contributed by atoms with Crippen LogP contribution in [0, 0.1) is 0 Å². The van der Waals surface area contributed by atoms with Gasteiger partial charge < -0.3 is 10.1 Å². The average molecular weight is 568 g/mol. The number of hydrogen-bond donors (Lipinski definition) is 1. The van der Waals surface area contributed by atoms with Gasteiger partial charge in [-0.15, -0.1) is 10.2 Å². The van der Waals surface area contributed by atoms with Gasteiger partial charge in [0.1, 0.15) is 0 Å². The van der Waals surface area contributed by atoms with Crippen molar-refractivity contribution in [2.24, 2.45) is 14.1 Å². The molecule has 0 aliphatic heterocycles. The first-order valence-electron chi connectivity index (χ1n) is 11.6. The van der Waals surface area contributed by atoms with Crippen molar-refractivity contribution in [3.63, 3.8) is 0 Å². The molecule has 3 aromatic heterocycles. The number of carbonyl (C=O) groups excluding carboxylic acids is 2. The van der Waals surface area contributed by atoms with Crippen LogP contribution < -0.4 is 16.6 Å². The number of imidazole rings is 1. The first-order valence-corrected chi connectivity index (χ1v) is 12.9. The Morgan fingerprint density at radius 3 is 2.36 bits per heavy atom. The van der Waals surface area contributed by atoms with Crippen LogP contribution in [-0.2, 0) is 30.2 Å². The highest BCUT2D eigenvalue weighted by atomic mass is 35.5. The fraction of sp³-hybridized carbons (Fsp3) is 0.200. The van der Waals surface area contributed by atoms with Gasteiger partial charge in [-0.3, -0.25) is 23.3 Å². The molecule has 1 amide bonds. The van der Waals surface area contributed by atoms with Crippen LogP contribution in [0.5, 0.6) is 0 Å². The summed E-state index contributed by atoms with van der Waals surface area (Å²) in [6, 6.07) is 13.5. The number of ether oxygens (including phenoxy) is 1. The van der Waals surface area contributed by atoms with Crippen LogP contribution in [0.4, 0.5) is 5.69 Å². The number of aromatic nitrogens is 6. The Morgan fingerprint density at radius 2 is 1.69 bits per heavy atom. The lowest BCUT2D eigenvalue weighted by molar-refractivity contribution is -0.113. The van der Waals surface area contributed by atoms with Crippen LogP contribution in [-0.4, -0.2) is 53.0 Å². The van der Waals surface area contributed by atoms with E-state index in [1.165, 1.54) is 18.7 Å². The minimum atomic E-state index is -0.504. The van der Waals surface area contributed by atoms with E-state index < -0.39 is 17.2 Å². The Bertz CT molecular complexity index is 1850. The number of benzene rings is 2. The summed E-state index contributed by atoms with van der Waals surface area (Å²) in [6.07, 6.45) is 0. The summed E-state index contributed by atoms with van der Waals surface area (Å²) in [5, 5.41) is 12.2. The molecule has 0 fully saturated rings. The van der Waals surface area contributed by atoms with Gasteiger partial charge in [-0.2, -0.15) is 0 Å². The van der Waals surface area contributed by atoms with Crippen LogP contribution in [0.25, 0.3) is 16.9 Å². The van der Waals surface area contributed by atoms with Crippen molar-refractivity contribution >= 4 is 57.9 Å². The van der Waals surface area contributed by atoms with Gasteiger partial charge in [-0.25, -0.2) is 14.0 Å². The summed E-state index contributed by atoms with van der Waals surface area (Å²) >= 11 is 7.13. The van der Waals surface area contributed by atoms with E-state index in [0.29, 0.717) is 32.9 Å². The van der Waals surface area contributed by atoms with Gasteiger partial charge in [-0.1, -0.05) is 35.5 Å². The number of esters is 1. The third-order valence-corrected chi connectivity index (χ3v) is 7.31. The van der Waals surface area contributed by atoms with Gasteiger partial charge in [0.2, 0.25) is 11.7 Å². The lowest BCUT2D eigenvalue weighted by atomic mass is 10.2. The maximum absolute atomic E-state index is 13.2. The summed E-state index contributed by atoms with van der Waals surface area (Å²) in [5.41, 5.74) is 1.35. The average Bonchev–Trinajstić information content (AvgIpc) is 3.49. The molecule has 0 saturated heterocycles. The number of aryl methyl sites for hydroxylation is 1. The van der Waals surface area contributed by atoms with Crippen molar-refractivity contribution in [2.45, 2.75) is 11.7 Å². The molecule has 0 bridgehead atoms. The zero-order chi connectivity index (χ0) is 27.8. The Morgan fingerprint density at radius 1 is 1.00 bits per heavy atom. The summed E-state index contributed by atoms with van der Waals surface area (Å²) in [6.45, 7) is 0.280. The third kappa shape index (κ3) is 4.81. The highest BCUT2D eigenvalue weighted by molar-refractivity contribution is 7.99. The Kier molecular flexibility index (Phi) is 7.02. The summed E-state index contributed by atoms with van der Waals surface area (Å²) < 4.78 is 10.4. The molecule has 0 aliphatic carbocycles. The van der Waals surface area contributed by atoms with Crippen molar-refractivity contribution < 1.29 is 14.3 Å². The first kappa shape index (κ1) is 26.3. The van der Waals surface area contributed by atoms with E-state index >= 15 is 0 Å². The van der Waals surface area contributed by atoms with E-state index in [4.69, 9.17) is 11.6 Å². The van der Waals surface area contributed by atoms with Gasteiger partial charge in [0.25, 0.3) is 5.56 Å². The van der Waals surface area contributed by atoms with Crippen molar-refractivity contribution in [3.8, 4) is 0 Å². The number of carbonyl (C=O) groups is 2. The van der Waals surface area contributed by atoms with Gasteiger partial charge in [0.15, 0.2) is 16.3 Å². The smallest absolute Gasteiger partial charge is 0.337 e. The van der Waals surface area contributed by atoms with Gasteiger partial charge in [0, 0.05) is 24.8 Å². The molecule has 3 heterocycles. The molecule has 200 valence electrons. The molecule has 5 aromatic rings. The molecule has 0 atom stereocenters. The van der Waals surface area contributed by atoms with Crippen LogP contribution in [0.1, 0.15) is 15.9 Å². The van der Waals surface area contributed by atoms with E-state index in [0.717, 1.165) is 21.9 Å². The van der Waals surface area contributed by atoms with Gasteiger partial charge in [-0.05, 0) is 42.0 Å². The molecule has 2 aromatic carbocycles. The number of nitrogens with one attached hydrogen (secondary N) is 1. The number of halogens is 1. The second kappa shape index (κ2) is 10.4. The van der Waals surface area contributed by atoms with Crippen molar-refractivity contribution in [2.75, 3.05) is 18.2 Å². The van der Waals surface area contributed by atoms with E-state index in [1.807, 2.05) is 12.1 Å². The molecule has 0 aliphatic rings. The summed E-state index contributed by atoms with van der Waals surface area (Å²) in [7, 11) is 4.28. The van der Waals surface area contributed by atoms with Crippen molar-refractivity contribution in [3.05, 3.63) is 85.5 Å². The second-order valence-electron chi connectivity index (χ2n) is 8.61. The quantitative estimate of drug-likeness (QED) is 0.234. The molecule has 1 N–H and O–H groups in total. The Labute approximate surface area is 229 Å². The fourth-order valence-electron chi connectivity index (χ4n) is 4.18. The second-order valence-corrected chi connectivity index (χ2v) is 9.99. The van der Waals surface area contributed by atoms with E-state index in [-0.39, 0.29) is 23.7 Å². The molecule has 12 nitrogen and oxygen atoms in total. The number of hydrogen-bond acceptors (Lipinski definition) is 8. The molecular weight excluding hydrogens is 546 g/mol. The van der Waals surface area contributed by atoms with Crippen LogP contribution in [0.15, 0.2) is 63.3 Å². The molecular formula is C25H22ClN7O5S. The monoisotopic (exact) mass is 567 g/mol. The number of amides is 1. The van der Waals surface area contributed by atoms with Crippen molar-refractivity contribution in [1.82, 2.24) is 28.3 Å². The fourth-order valence-corrected chi connectivity index (χ4v) is 5.03. The number of thioether (sulfide) groups is 1. The maximum atomic E-state index is 13.2. The Hall–Kier alpha value is -4.36. The molecule has 0 unspecified atom stereocenters. The summed E-state index contributed by atoms with van der Waals surface area (Å²) in [5.74, 6) is -0.474. The van der Waals surface area contributed by atoms with Crippen molar-refractivity contribution in [1.29, 1.82) is 0 Å². The SMILES string of the molecule is COC(=O)c1ccc(NC(=O)CSc2nnc3n(Cc4ccc(Cl)cc4)c4c(=O)n(C)c(=O)n(C)c4n23)cc1. The number of fused-ring (bicyclic) bond motifs is 3. The lowest BCUT2D eigenvalue weighted by Crippen LogP contribution is -2.37. The third-order valence-electron chi connectivity index (χ3n) is 6.13. The zero-order valence-corrected chi connectivity index (χ0v) is 22.6. The first-order chi connectivity index (χ1) is 18.7. The minimum Gasteiger partial charge on any atom is -0.465 e. The number of nitrogens with zero attached hydrogens (tertiary/aromatic N) is 6. The molecule has 0 saturated carbocycles. The van der Waals surface area contributed by atoms with Gasteiger partial charge >= 0.3 is 11.7 Å². The molecule has 5 rings (SSSR count). The molecule has 39 heavy (non-hydrogen) atoms. The molecule has 0 radical (unpaired) electrons. The number of anilines is 1. The lowest BCUT2D eigenvalue weighted by Gasteiger charge is -2.08. The van der Waals surface area contributed by atoms with Crippen LogP contribution in [0.2, 0.25) is 5.02 Å². The predicted molar refractivity (Wildman–Crippen MR) is 147 cm³/mol. The van der Waals surface area contributed by atoms with Crippen LogP contribution in [0.3, 0.4) is 0 Å². The van der Waals surface area contributed by atoms with E-state index in [9.17, 15) is 19.2 Å². The highest BCUT2D eigenvalue weighted by Gasteiger charge is 2.24. The number of rotatable bonds is 7. The van der Waals surface area contributed by atoms with Gasteiger partial charge in [0.05, 0.1) is 25.0 Å². The van der Waals surface area contributed by atoms with Crippen LogP contribution >= 0.6 is 23.4 Å². The Balaban J connectivity index is 1.49. The molecule has 0 spiro atoms. The zero-order valence-electron chi connectivity index (χ0n) is 21.0. The topological polar surface area (TPSA) is 135 Å². The summed E-state index contributed by atoms with van der Waals surface area (Å²) in [4.78, 5) is 50.3. The predicted octanol–water partition coefficient (Wildman–Crippen LogP) is 2.30. The number of methoxy groups -OCH3 is 1. The maximum Gasteiger partial charge on any atom is 0.337 e.